The molecule has 0 spiro atoms. The molecule has 0 aliphatic heterocycles. The zero-order valence-corrected chi connectivity index (χ0v) is 20.4. The van der Waals surface area contributed by atoms with E-state index in [2.05, 4.69) is 21.2 Å². The Labute approximate surface area is 208 Å². The van der Waals surface area contributed by atoms with Crippen molar-refractivity contribution in [1.29, 1.82) is 5.26 Å². The lowest BCUT2D eigenvalue weighted by molar-refractivity contribution is -0.385. The fourth-order valence-electron chi connectivity index (χ4n) is 2.78. The molecule has 0 bridgehead atoms. The van der Waals surface area contributed by atoms with Crippen LogP contribution in [0.25, 0.3) is 6.08 Å². The van der Waals surface area contributed by atoms with E-state index >= 15 is 0 Å². The van der Waals surface area contributed by atoms with Crippen LogP contribution in [0.1, 0.15) is 5.56 Å². The van der Waals surface area contributed by atoms with Gasteiger partial charge in [-0.2, -0.15) is 13.7 Å². The molecule has 3 rings (SSSR count). The zero-order valence-electron chi connectivity index (χ0n) is 18.0. The van der Waals surface area contributed by atoms with Crippen LogP contribution >= 0.6 is 15.9 Å². The van der Waals surface area contributed by atoms with E-state index in [4.69, 9.17) is 8.92 Å². The van der Waals surface area contributed by atoms with Crippen LogP contribution in [0.2, 0.25) is 0 Å². The molecule has 3 aromatic carbocycles. The second kappa shape index (κ2) is 10.8. The molecule has 0 fully saturated rings. The Kier molecular flexibility index (Phi) is 7.85. The second-order valence-electron chi connectivity index (χ2n) is 6.83. The number of nitro groups is 1. The van der Waals surface area contributed by atoms with Crippen molar-refractivity contribution in [2.24, 2.45) is 0 Å². The summed E-state index contributed by atoms with van der Waals surface area (Å²) in [6, 6.07) is 17.1. The fraction of sp³-hybridized carbons (Fsp3) is 0.0435. The number of carbonyl (C=O) groups excluding carboxylic acids is 1. The molecule has 12 heteroatoms. The Bertz CT molecular complexity index is 1460. The van der Waals surface area contributed by atoms with Crippen molar-refractivity contribution < 1.29 is 27.1 Å². The number of halogens is 1. The standard InChI is InChI=1S/C23H16BrN3O7S/c1-33-19-8-6-17(7-9-19)26-23(28)16(14-25)11-15-5-10-22(21(24)12-15)34-35(31,32)20-4-2-3-18(13-20)27(29)30/h2-13H,1H3,(H,26,28)/b16-11+. The third-order valence-electron chi connectivity index (χ3n) is 4.50. The first-order valence-electron chi connectivity index (χ1n) is 9.68. The molecule has 178 valence electrons. The van der Waals surface area contributed by atoms with Gasteiger partial charge in [0.05, 0.1) is 16.5 Å². The van der Waals surface area contributed by atoms with E-state index in [-0.39, 0.29) is 20.7 Å². The van der Waals surface area contributed by atoms with Crippen molar-refractivity contribution in [3.05, 3.63) is 92.5 Å². The second-order valence-corrected chi connectivity index (χ2v) is 9.23. The summed E-state index contributed by atoms with van der Waals surface area (Å²) in [7, 11) is -2.85. The van der Waals surface area contributed by atoms with Gasteiger partial charge in [0.1, 0.15) is 22.3 Å². The number of nitriles is 1. The van der Waals surface area contributed by atoms with E-state index in [1.807, 2.05) is 6.07 Å². The number of amides is 1. The van der Waals surface area contributed by atoms with Crippen LogP contribution in [0.15, 0.2) is 81.7 Å². The maximum Gasteiger partial charge on any atom is 0.339 e. The molecule has 0 radical (unpaired) electrons. The molecule has 10 nitrogen and oxygen atoms in total. The summed E-state index contributed by atoms with van der Waals surface area (Å²) < 4.78 is 35.5. The molecule has 0 saturated carbocycles. The van der Waals surface area contributed by atoms with E-state index in [1.165, 1.54) is 43.5 Å². The van der Waals surface area contributed by atoms with Gasteiger partial charge in [0, 0.05) is 17.8 Å². The minimum atomic E-state index is -4.36. The topological polar surface area (TPSA) is 149 Å². The highest BCUT2D eigenvalue weighted by molar-refractivity contribution is 9.10. The van der Waals surface area contributed by atoms with Gasteiger partial charge in [0.25, 0.3) is 11.6 Å². The number of rotatable bonds is 8. The highest BCUT2D eigenvalue weighted by Crippen LogP contribution is 2.30. The highest BCUT2D eigenvalue weighted by Gasteiger charge is 2.21. The van der Waals surface area contributed by atoms with Gasteiger partial charge in [0.2, 0.25) is 0 Å². The number of methoxy groups -OCH3 is 1. The van der Waals surface area contributed by atoms with Crippen LogP contribution in [0.3, 0.4) is 0 Å². The Morgan fingerprint density at radius 2 is 1.86 bits per heavy atom. The molecule has 0 aromatic heterocycles. The molecule has 3 aromatic rings. The summed E-state index contributed by atoms with van der Waals surface area (Å²) in [4.78, 5) is 22.3. The van der Waals surface area contributed by atoms with Crippen molar-refractivity contribution in [2.75, 3.05) is 12.4 Å². The maximum atomic E-state index is 12.6. The lowest BCUT2D eigenvalue weighted by Crippen LogP contribution is -2.13. The first-order valence-corrected chi connectivity index (χ1v) is 11.9. The molecule has 0 saturated heterocycles. The molecule has 0 atom stereocenters. The summed E-state index contributed by atoms with van der Waals surface area (Å²) in [6.45, 7) is 0. The molecule has 0 aliphatic carbocycles. The maximum absolute atomic E-state index is 12.6. The average Bonchev–Trinajstić information content (AvgIpc) is 2.84. The van der Waals surface area contributed by atoms with Crippen LogP contribution in [0.5, 0.6) is 11.5 Å². The average molecular weight is 558 g/mol. The molecular formula is C23H16BrN3O7S. The van der Waals surface area contributed by atoms with Gasteiger partial charge in [-0.15, -0.1) is 0 Å². The number of ether oxygens (including phenoxy) is 1. The molecule has 1 N–H and O–H groups in total. The van der Waals surface area contributed by atoms with Gasteiger partial charge >= 0.3 is 10.1 Å². The minimum Gasteiger partial charge on any atom is -0.497 e. The van der Waals surface area contributed by atoms with Crippen LogP contribution in [0, 0.1) is 21.4 Å². The zero-order chi connectivity index (χ0) is 25.6. The summed E-state index contributed by atoms with van der Waals surface area (Å²) >= 11 is 3.20. The SMILES string of the molecule is COc1ccc(NC(=O)/C(C#N)=C/c2ccc(OS(=O)(=O)c3cccc([N+](=O)[O-])c3)c(Br)c2)cc1. The van der Waals surface area contributed by atoms with Crippen LogP contribution < -0.4 is 14.2 Å². The lowest BCUT2D eigenvalue weighted by Gasteiger charge is -2.09. The normalized spacial score (nSPS) is 11.3. The summed E-state index contributed by atoms with van der Waals surface area (Å²) in [5.74, 6) is -0.115. The van der Waals surface area contributed by atoms with Crippen molar-refractivity contribution in [3.8, 4) is 17.6 Å². The molecule has 1 amide bonds. The molecule has 35 heavy (non-hydrogen) atoms. The predicted octanol–water partition coefficient (Wildman–Crippen LogP) is 4.68. The van der Waals surface area contributed by atoms with E-state index in [0.717, 1.165) is 12.1 Å². The third kappa shape index (κ3) is 6.44. The molecule has 0 heterocycles. The molecule has 0 unspecified atom stereocenters. The van der Waals surface area contributed by atoms with Crippen LogP contribution in [-0.4, -0.2) is 26.4 Å². The van der Waals surface area contributed by atoms with E-state index < -0.39 is 26.6 Å². The first-order chi connectivity index (χ1) is 16.6. The Balaban J connectivity index is 1.79. The smallest absolute Gasteiger partial charge is 0.339 e. The number of hydrogen-bond acceptors (Lipinski definition) is 8. The Morgan fingerprint density at radius 3 is 2.46 bits per heavy atom. The van der Waals surface area contributed by atoms with E-state index in [9.17, 15) is 28.6 Å². The number of nitrogens with one attached hydrogen (secondary N) is 1. The number of hydrogen-bond donors (Lipinski definition) is 1. The largest absolute Gasteiger partial charge is 0.497 e. The number of anilines is 1. The van der Waals surface area contributed by atoms with Crippen LogP contribution in [-0.2, 0) is 14.9 Å². The van der Waals surface area contributed by atoms with Crippen LogP contribution in [0.4, 0.5) is 11.4 Å². The monoisotopic (exact) mass is 557 g/mol. The number of nitro benzene ring substituents is 1. The Morgan fingerprint density at radius 1 is 1.14 bits per heavy atom. The number of non-ortho nitro benzene ring substituents is 1. The summed E-state index contributed by atoms with van der Waals surface area (Å²) in [5.41, 5.74) is 0.295. The highest BCUT2D eigenvalue weighted by atomic mass is 79.9. The van der Waals surface area contributed by atoms with Gasteiger partial charge in [-0.3, -0.25) is 14.9 Å². The van der Waals surface area contributed by atoms with Crippen molar-refractivity contribution in [2.45, 2.75) is 4.90 Å². The summed E-state index contributed by atoms with van der Waals surface area (Å²) in [5, 5.41) is 22.9. The van der Waals surface area contributed by atoms with Gasteiger partial charge < -0.3 is 14.2 Å². The molecule has 0 aliphatic rings. The number of carbonyl (C=O) groups is 1. The van der Waals surface area contributed by atoms with Gasteiger partial charge in [-0.1, -0.05) is 12.1 Å². The first kappa shape index (κ1) is 25.4. The third-order valence-corrected chi connectivity index (χ3v) is 6.35. The van der Waals surface area contributed by atoms with Crippen molar-refractivity contribution >= 4 is 49.4 Å². The van der Waals surface area contributed by atoms with Gasteiger partial charge in [-0.25, -0.2) is 0 Å². The van der Waals surface area contributed by atoms with E-state index in [1.54, 1.807) is 24.3 Å². The quantitative estimate of drug-likeness (QED) is 0.138. The minimum absolute atomic E-state index is 0.0881. The summed E-state index contributed by atoms with van der Waals surface area (Å²) in [6.07, 6.45) is 1.32. The number of nitrogens with zero attached hydrogens (tertiary/aromatic N) is 2. The lowest BCUT2D eigenvalue weighted by atomic mass is 10.1. The fourth-order valence-corrected chi connectivity index (χ4v) is 4.35. The van der Waals surface area contributed by atoms with Crippen molar-refractivity contribution in [1.82, 2.24) is 0 Å². The van der Waals surface area contributed by atoms with E-state index in [0.29, 0.717) is 17.0 Å². The predicted molar refractivity (Wildman–Crippen MR) is 130 cm³/mol. The Hall–Kier alpha value is -4.21. The molecular weight excluding hydrogens is 542 g/mol. The van der Waals surface area contributed by atoms with Gasteiger partial charge in [-0.05, 0) is 70.0 Å². The van der Waals surface area contributed by atoms with Crippen molar-refractivity contribution in [3.63, 3.8) is 0 Å². The number of benzene rings is 3. The van der Waals surface area contributed by atoms with Gasteiger partial charge in [0.15, 0.2) is 5.75 Å².